The van der Waals surface area contributed by atoms with Crippen molar-refractivity contribution in [2.24, 2.45) is 5.73 Å². The average molecular weight is 279 g/mol. The van der Waals surface area contributed by atoms with Crippen LogP contribution >= 0.6 is 0 Å². The number of carbonyl (C=O) groups excluding carboxylic acids is 2. The summed E-state index contributed by atoms with van der Waals surface area (Å²) in [7, 11) is 1.36. The maximum atomic E-state index is 11.1. The van der Waals surface area contributed by atoms with Crippen LogP contribution in [0.25, 0.3) is 0 Å². The van der Waals surface area contributed by atoms with Crippen molar-refractivity contribution < 1.29 is 14.3 Å². The van der Waals surface area contributed by atoms with Crippen molar-refractivity contribution in [3.05, 3.63) is 29.8 Å². The van der Waals surface area contributed by atoms with Gasteiger partial charge in [-0.15, -0.1) is 0 Å². The Morgan fingerprint density at radius 2 is 1.90 bits per heavy atom. The molecule has 0 aliphatic carbocycles. The van der Waals surface area contributed by atoms with Gasteiger partial charge in [0, 0.05) is 18.7 Å². The van der Waals surface area contributed by atoms with Crippen molar-refractivity contribution in [1.29, 1.82) is 0 Å². The van der Waals surface area contributed by atoms with Gasteiger partial charge in [-0.3, -0.25) is 14.5 Å². The second kappa shape index (κ2) is 8.16. The Balaban J connectivity index is 2.52. The van der Waals surface area contributed by atoms with Crippen LogP contribution < -0.4 is 11.5 Å². The molecule has 0 bridgehead atoms. The highest BCUT2D eigenvalue weighted by molar-refractivity contribution is 5.75. The molecule has 1 aromatic rings. The molecule has 0 aliphatic heterocycles. The molecule has 0 unspecified atom stereocenters. The summed E-state index contributed by atoms with van der Waals surface area (Å²) in [4.78, 5) is 24.0. The highest BCUT2D eigenvalue weighted by atomic mass is 16.5. The Morgan fingerprint density at radius 3 is 2.45 bits per heavy atom. The van der Waals surface area contributed by atoms with Crippen LogP contribution in [0.1, 0.15) is 18.4 Å². The average Bonchev–Trinajstić information content (AvgIpc) is 2.40. The molecule has 6 nitrogen and oxygen atoms in total. The van der Waals surface area contributed by atoms with E-state index in [-0.39, 0.29) is 12.5 Å². The summed E-state index contributed by atoms with van der Waals surface area (Å²) in [6, 6.07) is 7.44. The van der Waals surface area contributed by atoms with Crippen LogP contribution in [0, 0.1) is 0 Å². The van der Waals surface area contributed by atoms with E-state index in [1.807, 2.05) is 29.2 Å². The fourth-order valence-corrected chi connectivity index (χ4v) is 1.86. The summed E-state index contributed by atoms with van der Waals surface area (Å²) in [5, 5.41) is 0. The molecule has 4 N–H and O–H groups in total. The SMILES string of the molecule is COC(=O)CCCN(CC(N)=O)Cc1ccc(N)cc1. The van der Waals surface area contributed by atoms with Gasteiger partial charge in [0.05, 0.1) is 13.7 Å². The van der Waals surface area contributed by atoms with E-state index in [1.165, 1.54) is 7.11 Å². The van der Waals surface area contributed by atoms with E-state index in [2.05, 4.69) is 4.74 Å². The molecular formula is C14H21N3O3. The van der Waals surface area contributed by atoms with Gasteiger partial charge >= 0.3 is 5.97 Å². The van der Waals surface area contributed by atoms with Gasteiger partial charge in [0.25, 0.3) is 0 Å². The largest absolute Gasteiger partial charge is 0.469 e. The fourth-order valence-electron chi connectivity index (χ4n) is 1.86. The zero-order chi connectivity index (χ0) is 15.0. The number of hydrogen-bond acceptors (Lipinski definition) is 5. The predicted molar refractivity (Wildman–Crippen MR) is 76.6 cm³/mol. The van der Waals surface area contributed by atoms with Gasteiger partial charge < -0.3 is 16.2 Å². The van der Waals surface area contributed by atoms with Crippen LogP contribution in [0.3, 0.4) is 0 Å². The van der Waals surface area contributed by atoms with E-state index in [0.29, 0.717) is 31.6 Å². The highest BCUT2D eigenvalue weighted by Gasteiger charge is 2.10. The lowest BCUT2D eigenvalue weighted by molar-refractivity contribution is -0.140. The van der Waals surface area contributed by atoms with Crippen LogP contribution in [0.4, 0.5) is 5.69 Å². The van der Waals surface area contributed by atoms with Gasteiger partial charge in [-0.1, -0.05) is 12.1 Å². The fraction of sp³-hybridized carbons (Fsp3) is 0.429. The first-order valence-corrected chi connectivity index (χ1v) is 6.43. The number of amides is 1. The first kappa shape index (κ1) is 16.0. The minimum Gasteiger partial charge on any atom is -0.469 e. The standard InChI is InChI=1S/C14H21N3O3/c1-20-14(19)3-2-8-17(10-13(16)18)9-11-4-6-12(15)7-5-11/h4-7H,2-3,8-10,15H2,1H3,(H2,16,18). The molecule has 1 aromatic carbocycles. The molecule has 0 spiro atoms. The lowest BCUT2D eigenvalue weighted by Crippen LogP contribution is -2.34. The lowest BCUT2D eigenvalue weighted by Gasteiger charge is -2.20. The molecule has 0 aromatic heterocycles. The summed E-state index contributed by atoms with van der Waals surface area (Å²) in [5.74, 6) is -0.643. The molecule has 0 saturated carbocycles. The van der Waals surface area contributed by atoms with E-state index in [9.17, 15) is 9.59 Å². The number of nitrogens with two attached hydrogens (primary N) is 2. The maximum absolute atomic E-state index is 11.1. The number of hydrogen-bond donors (Lipinski definition) is 2. The van der Waals surface area contributed by atoms with Crippen LogP contribution in [-0.4, -0.2) is 37.0 Å². The van der Waals surface area contributed by atoms with Gasteiger partial charge in [0.1, 0.15) is 0 Å². The highest BCUT2D eigenvalue weighted by Crippen LogP contribution is 2.09. The Hall–Kier alpha value is -2.08. The third kappa shape index (κ3) is 6.19. The molecule has 1 amide bonds. The molecule has 0 saturated heterocycles. The smallest absolute Gasteiger partial charge is 0.305 e. The molecule has 6 heteroatoms. The van der Waals surface area contributed by atoms with Crippen molar-refractivity contribution in [1.82, 2.24) is 4.90 Å². The van der Waals surface area contributed by atoms with E-state index in [1.54, 1.807) is 0 Å². The minimum absolute atomic E-state index is 0.158. The Morgan fingerprint density at radius 1 is 1.25 bits per heavy atom. The van der Waals surface area contributed by atoms with Crippen molar-refractivity contribution >= 4 is 17.6 Å². The monoisotopic (exact) mass is 279 g/mol. The van der Waals surface area contributed by atoms with Crippen LogP contribution in [-0.2, 0) is 20.9 Å². The molecule has 0 radical (unpaired) electrons. The van der Waals surface area contributed by atoms with Crippen molar-refractivity contribution in [3.8, 4) is 0 Å². The van der Waals surface area contributed by atoms with Crippen molar-refractivity contribution in [2.45, 2.75) is 19.4 Å². The number of primary amides is 1. The lowest BCUT2D eigenvalue weighted by atomic mass is 10.2. The molecule has 110 valence electrons. The van der Waals surface area contributed by atoms with Crippen LogP contribution in [0.5, 0.6) is 0 Å². The predicted octanol–water partition coefficient (Wildman–Crippen LogP) is 0.509. The molecular weight excluding hydrogens is 258 g/mol. The molecule has 20 heavy (non-hydrogen) atoms. The van der Waals surface area contributed by atoms with Gasteiger partial charge in [0.2, 0.25) is 5.91 Å². The second-order valence-corrected chi connectivity index (χ2v) is 4.60. The Labute approximate surface area is 118 Å². The van der Waals surface area contributed by atoms with E-state index in [4.69, 9.17) is 11.5 Å². The third-order valence-electron chi connectivity index (χ3n) is 2.85. The number of esters is 1. The normalized spacial score (nSPS) is 10.5. The molecule has 0 aliphatic rings. The van der Waals surface area contributed by atoms with E-state index in [0.717, 1.165) is 5.56 Å². The van der Waals surface area contributed by atoms with E-state index >= 15 is 0 Å². The van der Waals surface area contributed by atoms with Gasteiger partial charge in [-0.25, -0.2) is 0 Å². The van der Waals surface area contributed by atoms with E-state index < -0.39 is 5.91 Å². The number of methoxy groups -OCH3 is 1. The van der Waals surface area contributed by atoms with Gasteiger partial charge in [-0.05, 0) is 30.7 Å². The number of rotatable bonds is 8. The summed E-state index contributed by atoms with van der Waals surface area (Å²) >= 11 is 0. The number of anilines is 1. The summed E-state index contributed by atoms with van der Waals surface area (Å²) in [6.45, 7) is 1.35. The number of carbonyl (C=O) groups is 2. The molecule has 0 atom stereocenters. The summed E-state index contributed by atoms with van der Waals surface area (Å²) in [6.07, 6.45) is 0.947. The first-order valence-electron chi connectivity index (χ1n) is 6.43. The number of nitrogen functional groups attached to an aromatic ring is 1. The summed E-state index contributed by atoms with van der Waals surface area (Å²) in [5.41, 5.74) is 12.6. The molecule has 1 rings (SSSR count). The van der Waals surface area contributed by atoms with Crippen molar-refractivity contribution in [3.63, 3.8) is 0 Å². The number of ether oxygens (including phenoxy) is 1. The van der Waals surface area contributed by atoms with Gasteiger partial charge in [0.15, 0.2) is 0 Å². The van der Waals surface area contributed by atoms with Crippen LogP contribution in [0.2, 0.25) is 0 Å². The quantitative estimate of drug-likeness (QED) is 0.533. The van der Waals surface area contributed by atoms with Crippen LogP contribution in [0.15, 0.2) is 24.3 Å². The Bertz CT molecular complexity index is 445. The number of nitrogens with zero attached hydrogens (tertiary/aromatic N) is 1. The van der Waals surface area contributed by atoms with Gasteiger partial charge in [-0.2, -0.15) is 0 Å². The topological polar surface area (TPSA) is 98.6 Å². The maximum Gasteiger partial charge on any atom is 0.305 e. The second-order valence-electron chi connectivity index (χ2n) is 4.60. The first-order chi connectivity index (χ1) is 9.51. The molecule has 0 heterocycles. The minimum atomic E-state index is -0.390. The van der Waals surface area contributed by atoms with Crippen molar-refractivity contribution in [2.75, 3.05) is 25.9 Å². The number of benzene rings is 1. The zero-order valence-electron chi connectivity index (χ0n) is 11.7. The third-order valence-corrected chi connectivity index (χ3v) is 2.85. The summed E-state index contributed by atoms with van der Waals surface area (Å²) < 4.78 is 4.58. The Kier molecular flexibility index (Phi) is 6.52. The zero-order valence-corrected chi connectivity index (χ0v) is 11.7. The molecule has 0 fully saturated rings.